The quantitative estimate of drug-likeness (QED) is 0.499. The van der Waals surface area contributed by atoms with Gasteiger partial charge in [0, 0.05) is 18.8 Å². The Morgan fingerprint density at radius 3 is 2.69 bits per heavy atom. The van der Waals surface area contributed by atoms with Crippen LogP contribution in [0.15, 0.2) is 58.6 Å². The maximum absolute atomic E-state index is 13.1. The minimum Gasteiger partial charge on any atom is -0.497 e. The molecule has 1 unspecified atom stereocenters. The number of rotatable bonds is 8. The average molecular weight is 476 g/mol. The van der Waals surface area contributed by atoms with Crippen molar-refractivity contribution >= 4 is 38.8 Å². The van der Waals surface area contributed by atoms with Crippen molar-refractivity contribution < 1.29 is 23.1 Å². The number of fused-ring (bicyclic) bond motifs is 1. The van der Waals surface area contributed by atoms with E-state index in [0.717, 1.165) is 23.9 Å². The Kier molecular flexibility index (Phi) is 6.73. The fourth-order valence-electron chi connectivity index (χ4n) is 3.92. The van der Waals surface area contributed by atoms with Gasteiger partial charge in [-0.05, 0) is 55.2 Å². The number of carboxylic acids is 1. The number of para-hydroxylation sites is 2. The van der Waals surface area contributed by atoms with Crippen LogP contribution in [0.2, 0.25) is 0 Å². The molecule has 1 N–H and O–H groups in total. The molecule has 0 spiro atoms. The van der Waals surface area contributed by atoms with Gasteiger partial charge in [0.25, 0.3) is 0 Å². The van der Waals surface area contributed by atoms with Gasteiger partial charge < -0.3 is 14.4 Å². The van der Waals surface area contributed by atoms with Crippen molar-refractivity contribution in [1.82, 2.24) is 13.9 Å². The highest BCUT2D eigenvalue weighted by Gasteiger charge is 2.30. The van der Waals surface area contributed by atoms with Crippen molar-refractivity contribution in [3.05, 3.63) is 48.5 Å². The number of ether oxygens (including phenoxy) is 1. The Hall–Kier alpha value is -2.56. The van der Waals surface area contributed by atoms with Gasteiger partial charge in [-0.15, -0.1) is 0 Å². The zero-order chi connectivity index (χ0) is 22.7. The van der Waals surface area contributed by atoms with E-state index >= 15 is 0 Å². The molecule has 0 bridgehead atoms. The van der Waals surface area contributed by atoms with E-state index in [1.54, 1.807) is 40.2 Å². The molecule has 1 fully saturated rings. The van der Waals surface area contributed by atoms with E-state index in [-0.39, 0.29) is 17.4 Å². The van der Waals surface area contributed by atoms with Crippen LogP contribution in [0.3, 0.4) is 0 Å². The molecule has 0 aliphatic carbocycles. The number of carboxylic acid groups (broad SMARTS) is 1. The van der Waals surface area contributed by atoms with Crippen molar-refractivity contribution in [2.45, 2.75) is 29.4 Å². The summed E-state index contributed by atoms with van der Waals surface area (Å²) in [7, 11) is -2.03. The van der Waals surface area contributed by atoms with Crippen LogP contribution in [0.4, 0.5) is 0 Å². The van der Waals surface area contributed by atoms with E-state index in [2.05, 4.69) is 4.98 Å². The molecule has 1 aromatic heterocycles. The van der Waals surface area contributed by atoms with Gasteiger partial charge in [-0.3, -0.25) is 4.79 Å². The topological polar surface area (TPSA) is 102 Å². The van der Waals surface area contributed by atoms with Gasteiger partial charge in [-0.1, -0.05) is 23.9 Å². The van der Waals surface area contributed by atoms with E-state index < -0.39 is 16.0 Å². The van der Waals surface area contributed by atoms with Gasteiger partial charge in [-0.2, -0.15) is 4.31 Å². The molecule has 0 amide bonds. The molecule has 8 nitrogen and oxygen atoms in total. The summed E-state index contributed by atoms with van der Waals surface area (Å²) in [5.41, 5.74) is 1.54. The first-order valence-electron chi connectivity index (χ1n) is 10.3. The second kappa shape index (κ2) is 9.51. The Bertz CT molecular complexity index is 1210. The van der Waals surface area contributed by atoms with Gasteiger partial charge in [-0.25, -0.2) is 13.4 Å². The van der Waals surface area contributed by atoms with Crippen LogP contribution in [0.5, 0.6) is 5.75 Å². The molecule has 4 rings (SSSR count). The van der Waals surface area contributed by atoms with Crippen molar-refractivity contribution in [1.29, 1.82) is 0 Å². The summed E-state index contributed by atoms with van der Waals surface area (Å²) < 4.78 is 34.6. The third-order valence-corrected chi connectivity index (χ3v) is 8.63. The zero-order valence-corrected chi connectivity index (χ0v) is 19.3. The number of aromatic nitrogens is 2. The minimum absolute atomic E-state index is 0.153. The number of aliphatic carboxylic acids is 1. The molecule has 0 saturated carbocycles. The summed E-state index contributed by atoms with van der Waals surface area (Å²) in [6.07, 6.45) is 1.70. The van der Waals surface area contributed by atoms with Crippen molar-refractivity contribution in [3.63, 3.8) is 0 Å². The number of methoxy groups -OCH3 is 1. The molecular formula is C22H25N3O5S2. The second-order valence-corrected chi connectivity index (χ2v) is 10.6. The van der Waals surface area contributed by atoms with Gasteiger partial charge in [0.05, 0.1) is 23.0 Å². The predicted molar refractivity (Wildman–Crippen MR) is 123 cm³/mol. The second-order valence-electron chi connectivity index (χ2n) is 7.72. The zero-order valence-electron chi connectivity index (χ0n) is 17.7. The molecule has 1 aliphatic heterocycles. The summed E-state index contributed by atoms with van der Waals surface area (Å²) in [5, 5.41) is 9.95. The van der Waals surface area contributed by atoms with Crippen molar-refractivity contribution in [2.24, 2.45) is 5.92 Å². The summed E-state index contributed by atoms with van der Waals surface area (Å²) >= 11 is 1.49. The summed E-state index contributed by atoms with van der Waals surface area (Å²) in [6.45, 7) is 0.763. The molecular weight excluding hydrogens is 450 g/mol. The number of thioether (sulfide) groups is 1. The molecule has 10 heteroatoms. The van der Waals surface area contributed by atoms with E-state index in [9.17, 15) is 18.3 Å². The number of nitrogens with zero attached hydrogens (tertiary/aromatic N) is 3. The molecule has 170 valence electrons. The third kappa shape index (κ3) is 4.77. The molecule has 3 aromatic rings. The summed E-state index contributed by atoms with van der Waals surface area (Å²) in [5.74, 6) is 0.503. The number of hydrogen-bond donors (Lipinski definition) is 1. The van der Waals surface area contributed by atoms with Crippen LogP contribution < -0.4 is 4.74 Å². The molecule has 2 heterocycles. The Balaban J connectivity index is 1.47. The lowest BCUT2D eigenvalue weighted by atomic mass is 10.0. The van der Waals surface area contributed by atoms with Gasteiger partial charge in [0.2, 0.25) is 10.0 Å². The van der Waals surface area contributed by atoms with Crippen molar-refractivity contribution in [3.8, 4) is 5.75 Å². The summed E-state index contributed by atoms with van der Waals surface area (Å²) in [6, 6.07) is 13.9. The Labute approximate surface area is 191 Å². The number of hydrogen-bond acceptors (Lipinski definition) is 6. The molecule has 0 radical (unpaired) electrons. The van der Waals surface area contributed by atoms with E-state index in [1.807, 2.05) is 24.3 Å². The van der Waals surface area contributed by atoms with Gasteiger partial charge >= 0.3 is 5.97 Å². The molecule has 32 heavy (non-hydrogen) atoms. The highest BCUT2D eigenvalue weighted by molar-refractivity contribution is 7.99. The minimum atomic E-state index is -3.58. The van der Waals surface area contributed by atoms with E-state index in [0.29, 0.717) is 29.7 Å². The monoisotopic (exact) mass is 475 g/mol. The summed E-state index contributed by atoms with van der Waals surface area (Å²) in [4.78, 5) is 16.2. The first kappa shape index (κ1) is 22.6. The smallest absolute Gasteiger partial charge is 0.323 e. The number of sulfonamides is 1. The van der Waals surface area contributed by atoms with Crippen LogP contribution in [-0.4, -0.2) is 59.3 Å². The number of benzene rings is 2. The maximum atomic E-state index is 13.1. The number of carbonyl (C=O) groups is 1. The highest BCUT2D eigenvalue weighted by atomic mass is 32.2. The van der Waals surface area contributed by atoms with Gasteiger partial charge in [0.1, 0.15) is 12.3 Å². The van der Waals surface area contributed by atoms with Crippen LogP contribution >= 0.6 is 11.8 Å². The van der Waals surface area contributed by atoms with Crippen LogP contribution in [0.1, 0.15) is 12.8 Å². The first-order chi connectivity index (χ1) is 15.4. The predicted octanol–water partition coefficient (Wildman–Crippen LogP) is 3.32. The number of piperidine rings is 1. The van der Waals surface area contributed by atoms with Crippen LogP contribution in [-0.2, 0) is 21.4 Å². The maximum Gasteiger partial charge on any atom is 0.323 e. The first-order valence-corrected chi connectivity index (χ1v) is 12.7. The lowest BCUT2D eigenvalue weighted by molar-refractivity contribution is -0.137. The van der Waals surface area contributed by atoms with Gasteiger partial charge in [0.15, 0.2) is 5.16 Å². The normalized spacial score (nSPS) is 17.5. The fourth-order valence-corrected chi connectivity index (χ4v) is 6.62. The molecule has 1 saturated heterocycles. The van der Waals surface area contributed by atoms with Crippen LogP contribution in [0.25, 0.3) is 11.0 Å². The average Bonchev–Trinajstić information content (AvgIpc) is 3.14. The lowest BCUT2D eigenvalue weighted by Crippen LogP contribution is -2.40. The highest BCUT2D eigenvalue weighted by Crippen LogP contribution is 2.30. The SMILES string of the molecule is COc1ccc(S(=O)(=O)N2CCCC(CSc3nc4ccccc4n3CC(=O)O)C2)cc1. The fraction of sp³-hybridized carbons (Fsp3) is 0.364. The lowest BCUT2D eigenvalue weighted by Gasteiger charge is -2.31. The van der Waals surface area contributed by atoms with Crippen LogP contribution in [0, 0.1) is 5.92 Å². The van der Waals surface area contributed by atoms with E-state index in [4.69, 9.17) is 4.74 Å². The van der Waals surface area contributed by atoms with E-state index in [1.165, 1.54) is 11.8 Å². The Morgan fingerprint density at radius 2 is 1.97 bits per heavy atom. The third-order valence-electron chi connectivity index (χ3n) is 5.54. The van der Waals surface area contributed by atoms with Crippen molar-refractivity contribution in [2.75, 3.05) is 26.0 Å². The molecule has 2 aromatic carbocycles. The number of imidazole rings is 1. The largest absolute Gasteiger partial charge is 0.497 e. The Morgan fingerprint density at radius 1 is 1.22 bits per heavy atom. The molecule has 1 aliphatic rings. The molecule has 1 atom stereocenters. The standard InChI is InChI=1S/C22H25N3O5S2/c1-30-17-8-10-18(11-9-17)32(28,29)24-12-4-5-16(13-24)15-31-22-23-19-6-2-3-7-20(19)25(22)14-21(26)27/h2-3,6-11,16H,4-5,12-15H2,1H3,(H,26,27).